The monoisotopic (exact) mass is 261 g/mol. The summed E-state index contributed by atoms with van der Waals surface area (Å²) in [4.78, 5) is 0. The van der Waals surface area contributed by atoms with Crippen molar-refractivity contribution in [1.82, 2.24) is 0 Å². The van der Waals surface area contributed by atoms with E-state index in [1.165, 1.54) is 22.3 Å². The zero-order valence-corrected chi connectivity index (χ0v) is 12.1. The van der Waals surface area contributed by atoms with E-state index in [1.54, 1.807) is 0 Å². The van der Waals surface area contributed by atoms with Crippen LogP contribution in [0.1, 0.15) is 41.0 Å². The smallest absolute Gasteiger partial charge is 0.0834 e. The fourth-order valence-corrected chi connectivity index (χ4v) is 3.17. The first-order valence-corrected chi connectivity index (χ1v) is 7.18. The van der Waals surface area contributed by atoms with Crippen LogP contribution in [0.5, 0.6) is 0 Å². The molecule has 0 bridgehead atoms. The van der Waals surface area contributed by atoms with Crippen LogP contribution in [0, 0.1) is 25.2 Å². The van der Waals surface area contributed by atoms with Gasteiger partial charge in [0.15, 0.2) is 0 Å². The van der Waals surface area contributed by atoms with Gasteiger partial charge in [0.1, 0.15) is 0 Å². The fraction of sp³-hybridized carbons (Fsp3) is 0.316. The molecule has 1 heteroatoms. The van der Waals surface area contributed by atoms with Gasteiger partial charge in [0.2, 0.25) is 0 Å². The van der Waals surface area contributed by atoms with Gasteiger partial charge in [-0.15, -0.1) is 0 Å². The van der Waals surface area contributed by atoms with Crippen molar-refractivity contribution in [3.63, 3.8) is 0 Å². The molecule has 2 aromatic carbocycles. The summed E-state index contributed by atoms with van der Waals surface area (Å²) >= 11 is 0. The third kappa shape index (κ3) is 2.02. The van der Waals surface area contributed by atoms with E-state index in [2.05, 4.69) is 62.4 Å². The molecule has 2 aromatic rings. The molecule has 1 aliphatic carbocycles. The first-order valence-electron chi connectivity index (χ1n) is 7.18. The molecule has 0 unspecified atom stereocenters. The maximum absolute atomic E-state index is 9.66. The molecule has 0 radical (unpaired) electrons. The highest BCUT2D eigenvalue weighted by molar-refractivity contribution is 5.43. The molecule has 0 saturated heterocycles. The molecule has 0 spiro atoms. The van der Waals surface area contributed by atoms with Crippen molar-refractivity contribution in [2.24, 2.45) is 0 Å². The van der Waals surface area contributed by atoms with Crippen LogP contribution < -0.4 is 0 Å². The van der Waals surface area contributed by atoms with Crippen molar-refractivity contribution < 1.29 is 0 Å². The number of hydrogen-bond acceptors (Lipinski definition) is 1. The normalized spacial score (nSPS) is 24.8. The van der Waals surface area contributed by atoms with Gasteiger partial charge in [-0.25, -0.2) is 0 Å². The predicted octanol–water partition coefficient (Wildman–Crippen LogP) is 4.64. The highest BCUT2D eigenvalue weighted by Gasteiger charge is 2.46. The Kier molecular flexibility index (Phi) is 3.10. The van der Waals surface area contributed by atoms with E-state index >= 15 is 0 Å². The second-order valence-corrected chi connectivity index (χ2v) is 6.01. The Labute approximate surface area is 120 Å². The summed E-state index contributed by atoms with van der Waals surface area (Å²) in [5, 5.41) is 9.66. The van der Waals surface area contributed by atoms with Crippen LogP contribution >= 0.6 is 0 Å². The minimum Gasteiger partial charge on any atom is -0.197 e. The second kappa shape index (κ2) is 4.80. The number of benzene rings is 2. The van der Waals surface area contributed by atoms with Crippen LogP contribution in [0.4, 0.5) is 0 Å². The number of rotatable bonds is 2. The van der Waals surface area contributed by atoms with E-state index in [-0.39, 0.29) is 5.41 Å². The van der Waals surface area contributed by atoms with Crippen molar-refractivity contribution in [2.45, 2.75) is 38.0 Å². The Hall–Kier alpha value is -2.07. The summed E-state index contributed by atoms with van der Waals surface area (Å²) in [5.41, 5.74) is 4.84. The lowest BCUT2D eigenvalue weighted by atomic mass is 9.57. The average Bonchev–Trinajstić information content (AvgIpc) is 2.43. The van der Waals surface area contributed by atoms with Crippen LogP contribution in [-0.4, -0.2) is 0 Å². The first kappa shape index (κ1) is 12.9. The van der Waals surface area contributed by atoms with Crippen molar-refractivity contribution in [2.75, 3.05) is 0 Å². The van der Waals surface area contributed by atoms with Crippen LogP contribution in [0.15, 0.2) is 48.5 Å². The Balaban J connectivity index is 1.86. The Morgan fingerprint density at radius 1 is 1.00 bits per heavy atom. The Morgan fingerprint density at radius 2 is 1.70 bits per heavy atom. The number of nitrogens with zero attached hydrogens (tertiary/aromatic N) is 1. The Bertz CT molecular complexity index is 658. The van der Waals surface area contributed by atoms with Gasteiger partial charge in [-0.2, -0.15) is 5.26 Å². The van der Waals surface area contributed by atoms with Gasteiger partial charge in [-0.1, -0.05) is 48.5 Å². The van der Waals surface area contributed by atoms with E-state index in [0.29, 0.717) is 5.92 Å². The standard InChI is InChI=1S/C19H19N/c1-14-8-9-18(10-15(14)2)19(13-20)11-17(12-19)16-6-4-3-5-7-16/h3-10,17H,11-12H2,1-2H3. The van der Waals surface area contributed by atoms with E-state index in [1.807, 2.05) is 6.07 Å². The molecule has 0 amide bonds. The van der Waals surface area contributed by atoms with Crippen LogP contribution in [0.2, 0.25) is 0 Å². The lowest BCUT2D eigenvalue weighted by Gasteiger charge is -2.43. The van der Waals surface area contributed by atoms with Crippen molar-refractivity contribution >= 4 is 0 Å². The third-order valence-corrected chi connectivity index (χ3v) is 4.73. The highest BCUT2D eigenvalue weighted by Crippen LogP contribution is 2.52. The zero-order chi connectivity index (χ0) is 14.2. The highest BCUT2D eigenvalue weighted by atomic mass is 14.5. The van der Waals surface area contributed by atoms with Gasteiger partial charge in [-0.3, -0.25) is 0 Å². The molecule has 0 heterocycles. The summed E-state index contributed by atoms with van der Waals surface area (Å²) in [6, 6.07) is 19.6. The van der Waals surface area contributed by atoms with E-state index in [4.69, 9.17) is 0 Å². The number of hydrogen-bond donors (Lipinski definition) is 0. The lowest BCUT2D eigenvalue weighted by molar-refractivity contribution is 0.269. The molecule has 1 aliphatic rings. The summed E-state index contributed by atoms with van der Waals surface area (Å²) in [5.74, 6) is 0.525. The van der Waals surface area contributed by atoms with Crippen LogP contribution in [0.3, 0.4) is 0 Å². The van der Waals surface area contributed by atoms with E-state index in [0.717, 1.165) is 12.8 Å². The molecule has 100 valence electrons. The van der Waals surface area contributed by atoms with Crippen LogP contribution in [-0.2, 0) is 5.41 Å². The number of aryl methyl sites for hydroxylation is 2. The molecule has 1 fully saturated rings. The van der Waals surface area contributed by atoms with Crippen molar-refractivity contribution in [1.29, 1.82) is 5.26 Å². The molecule has 0 atom stereocenters. The lowest BCUT2D eigenvalue weighted by Crippen LogP contribution is -2.38. The minimum atomic E-state index is -0.279. The third-order valence-electron chi connectivity index (χ3n) is 4.73. The van der Waals surface area contributed by atoms with E-state index in [9.17, 15) is 5.26 Å². The summed E-state index contributed by atoms with van der Waals surface area (Å²) in [6.07, 6.45) is 1.88. The maximum atomic E-state index is 9.66. The van der Waals surface area contributed by atoms with Gasteiger partial charge in [0.05, 0.1) is 11.5 Å². The summed E-state index contributed by atoms with van der Waals surface area (Å²) in [7, 11) is 0. The van der Waals surface area contributed by atoms with Gasteiger partial charge in [0, 0.05) is 0 Å². The van der Waals surface area contributed by atoms with E-state index < -0.39 is 0 Å². The average molecular weight is 261 g/mol. The molecule has 20 heavy (non-hydrogen) atoms. The summed E-state index contributed by atoms with van der Waals surface area (Å²) < 4.78 is 0. The van der Waals surface area contributed by atoms with Crippen LogP contribution in [0.25, 0.3) is 0 Å². The minimum absolute atomic E-state index is 0.279. The zero-order valence-electron chi connectivity index (χ0n) is 12.1. The summed E-state index contributed by atoms with van der Waals surface area (Å²) in [6.45, 7) is 4.24. The fourth-order valence-electron chi connectivity index (χ4n) is 3.17. The SMILES string of the molecule is Cc1ccc(C2(C#N)CC(c3ccccc3)C2)cc1C. The molecule has 0 N–H and O–H groups in total. The second-order valence-electron chi connectivity index (χ2n) is 6.01. The maximum Gasteiger partial charge on any atom is 0.0834 e. The largest absolute Gasteiger partial charge is 0.197 e. The van der Waals surface area contributed by atoms with Gasteiger partial charge in [-0.05, 0) is 54.9 Å². The molecular weight excluding hydrogens is 242 g/mol. The molecule has 1 nitrogen and oxygen atoms in total. The first-order chi connectivity index (χ1) is 9.64. The van der Waals surface area contributed by atoms with Gasteiger partial charge >= 0.3 is 0 Å². The van der Waals surface area contributed by atoms with Gasteiger partial charge < -0.3 is 0 Å². The van der Waals surface area contributed by atoms with Gasteiger partial charge in [0.25, 0.3) is 0 Å². The Morgan fingerprint density at radius 3 is 2.30 bits per heavy atom. The molecule has 1 saturated carbocycles. The molecule has 3 rings (SSSR count). The quantitative estimate of drug-likeness (QED) is 0.772. The van der Waals surface area contributed by atoms with Crippen molar-refractivity contribution in [3.05, 3.63) is 70.8 Å². The predicted molar refractivity (Wildman–Crippen MR) is 81.6 cm³/mol. The molecule has 0 aromatic heterocycles. The van der Waals surface area contributed by atoms with Crippen molar-refractivity contribution in [3.8, 4) is 6.07 Å². The number of nitriles is 1. The topological polar surface area (TPSA) is 23.8 Å². The molecular formula is C19H19N. The molecule has 0 aliphatic heterocycles.